The molecular weight excluding hydrogens is 276 g/mol. The normalized spacial score (nSPS) is 10.3. The molecule has 0 amide bonds. The van der Waals surface area contributed by atoms with Crippen molar-refractivity contribution >= 4 is 11.8 Å². The highest BCUT2D eigenvalue weighted by molar-refractivity contribution is 6.09. The molecule has 0 aromatic heterocycles. The van der Waals surface area contributed by atoms with Gasteiger partial charge in [-0.2, -0.15) is 0 Å². The Hall–Kier alpha value is -2.42. The molecule has 22 heavy (non-hydrogen) atoms. The van der Waals surface area contributed by atoms with Crippen molar-refractivity contribution in [2.24, 2.45) is 0 Å². The van der Waals surface area contributed by atoms with Crippen molar-refractivity contribution in [2.45, 2.75) is 26.7 Å². The first-order valence-corrected chi connectivity index (χ1v) is 7.50. The van der Waals surface area contributed by atoms with Crippen molar-refractivity contribution in [3.8, 4) is 0 Å². The molecule has 0 unspecified atom stereocenters. The van der Waals surface area contributed by atoms with Gasteiger partial charge in [-0.05, 0) is 25.5 Å². The minimum Gasteiger partial charge on any atom is -0.462 e. The predicted octanol–water partition coefficient (Wildman–Crippen LogP) is 4.18. The number of carbonyl (C=O) groups is 2. The van der Waals surface area contributed by atoms with Crippen LogP contribution in [0.1, 0.15) is 51.6 Å². The number of ether oxygens (including phenoxy) is 1. The monoisotopic (exact) mass is 296 g/mol. The Bertz CT molecular complexity index is 639. The molecule has 0 heterocycles. The molecule has 0 bridgehead atoms. The molecule has 0 radical (unpaired) electrons. The van der Waals surface area contributed by atoms with E-state index in [2.05, 4.69) is 0 Å². The van der Waals surface area contributed by atoms with E-state index in [0.29, 0.717) is 23.3 Å². The average Bonchev–Trinajstić information content (AvgIpc) is 2.55. The molecule has 0 saturated heterocycles. The van der Waals surface area contributed by atoms with E-state index in [-0.39, 0.29) is 11.8 Å². The topological polar surface area (TPSA) is 43.4 Å². The van der Waals surface area contributed by atoms with Gasteiger partial charge in [0, 0.05) is 11.1 Å². The average molecular weight is 296 g/mol. The maximum Gasteiger partial charge on any atom is 0.338 e. The molecule has 0 aliphatic rings. The van der Waals surface area contributed by atoms with Crippen LogP contribution in [0.3, 0.4) is 0 Å². The fourth-order valence-corrected chi connectivity index (χ4v) is 2.02. The standard InChI is InChI=1S/C19H20O3/c1-3-4-13-22-19(21)17-11-9-16(10-12-17)18(20)15-7-5-14(2)6-8-15/h5-12H,3-4,13H2,1-2H3. The molecule has 2 aromatic rings. The van der Waals surface area contributed by atoms with Crippen LogP contribution in [0.4, 0.5) is 0 Å². The Labute approximate surface area is 130 Å². The van der Waals surface area contributed by atoms with E-state index in [4.69, 9.17) is 4.74 Å². The van der Waals surface area contributed by atoms with Gasteiger partial charge in [0.25, 0.3) is 0 Å². The highest BCUT2D eigenvalue weighted by atomic mass is 16.5. The number of unbranched alkanes of at least 4 members (excludes halogenated alkanes) is 1. The molecule has 0 aliphatic carbocycles. The SMILES string of the molecule is CCCCOC(=O)c1ccc(C(=O)c2ccc(C)cc2)cc1. The third kappa shape index (κ3) is 4.04. The minimum absolute atomic E-state index is 0.0501. The van der Waals surface area contributed by atoms with Crippen LogP contribution in [0.2, 0.25) is 0 Å². The largest absolute Gasteiger partial charge is 0.462 e. The second kappa shape index (κ2) is 7.55. The summed E-state index contributed by atoms with van der Waals surface area (Å²) in [5.74, 6) is -0.395. The lowest BCUT2D eigenvalue weighted by molar-refractivity contribution is 0.0499. The van der Waals surface area contributed by atoms with Gasteiger partial charge in [0.15, 0.2) is 5.78 Å². The number of carbonyl (C=O) groups excluding carboxylic acids is 2. The van der Waals surface area contributed by atoms with Gasteiger partial charge >= 0.3 is 5.97 Å². The van der Waals surface area contributed by atoms with Crippen molar-refractivity contribution in [1.82, 2.24) is 0 Å². The number of aryl methyl sites for hydroxylation is 1. The fraction of sp³-hybridized carbons (Fsp3) is 0.263. The molecular formula is C19H20O3. The summed E-state index contributed by atoms with van der Waals surface area (Å²) in [6, 6.07) is 14.0. The van der Waals surface area contributed by atoms with Crippen LogP contribution in [-0.4, -0.2) is 18.4 Å². The van der Waals surface area contributed by atoms with Gasteiger partial charge < -0.3 is 4.74 Å². The highest BCUT2D eigenvalue weighted by Gasteiger charge is 2.11. The second-order valence-corrected chi connectivity index (χ2v) is 5.26. The molecule has 0 fully saturated rings. The van der Waals surface area contributed by atoms with Gasteiger partial charge in [-0.25, -0.2) is 4.79 Å². The Morgan fingerprint density at radius 3 is 1.91 bits per heavy atom. The zero-order chi connectivity index (χ0) is 15.9. The van der Waals surface area contributed by atoms with Gasteiger partial charge in [-0.1, -0.05) is 55.3 Å². The number of rotatable bonds is 6. The molecule has 3 heteroatoms. The lowest BCUT2D eigenvalue weighted by Gasteiger charge is -2.05. The summed E-state index contributed by atoms with van der Waals surface area (Å²) in [5, 5.41) is 0. The molecule has 3 nitrogen and oxygen atoms in total. The number of hydrogen-bond acceptors (Lipinski definition) is 3. The molecule has 2 rings (SSSR count). The Kier molecular flexibility index (Phi) is 5.48. The summed E-state index contributed by atoms with van der Waals surface area (Å²) >= 11 is 0. The fourth-order valence-electron chi connectivity index (χ4n) is 2.02. The summed E-state index contributed by atoms with van der Waals surface area (Å²) in [4.78, 5) is 24.1. The molecule has 0 saturated carbocycles. The van der Waals surface area contributed by atoms with E-state index in [1.54, 1.807) is 24.3 Å². The van der Waals surface area contributed by atoms with Gasteiger partial charge in [0.05, 0.1) is 12.2 Å². The van der Waals surface area contributed by atoms with Crippen LogP contribution in [0.5, 0.6) is 0 Å². The molecule has 0 atom stereocenters. The first-order chi connectivity index (χ1) is 10.6. The van der Waals surface area contributed by atoms with Gasteiger partial charge in [-0.3, -0.25) is 4.79 Å². The van der Waals surface area contributed by atoms with E-state index < -0.39 is 0 Å². The van der Waals surface area contributed by atoms with Gasteiger partial charge in [-0.15, -0.1) is 0 Å². The minimum atomic E-state index is -0.345. The van der Waals surface area contributed by atoms with Gasteiger partial charge in [0.2, 0.25) is 0 Å². The number of ketones is 1. The van der Waals surface area contributed by atoms with Crippen LogP contribution in [0.15, 0.2) is 48.5 Å². The maximum absolute atomic E-state index is 12.3. The zero-order valence-corrected chi connectivity index (χ0v) is 13.0. The summed E-state index contributed by atoms with van der Waals surface area (Å²) < 4.78 is 5.14. The summed E-state index contributed by atoms with van der Waals surface area (Å²) in [7, 11) is 0. The van der Waals surface area contributed by atoms with E-state index in [9.17, 15) is 9.59 Å². The van der Waals surface area contributed by atoms with Crippen molar-refractivity contribution in [3.63, 3.8) is 0 Å². The molecule has 0 N–H and O–H groups in total. The van der Waals surface area contributed by atoms with Crippen molar-refractivity contribution in [3.05, 3.63) is 70.8 Å². The Morgan fingerprint density at radius 2 is 1.36 bits per heavy atom. The summed E-state index contributed by atoms with van der Waals surface area (Å²) in [6.07, 6.45) is 1.84. The quantitative estimate of drug-likeness (QED) is 0.456. The maximum atomic E-state index is 12.3. The summed E-state index contributed by atoms with van der Waals surface area (Å²) in [5.41, 5.74) is 2.79. The lowest BCUT2D eigenvalue weighted by atomic mass is 10.0. The lowest BCUT2D eigenvalue weighted by Crippen LogP contribution is -2.07. The van der Waals surface area contributed by atoms with E-state index in [1.807, 2.05) is 38.1 Å². The number of hydrogen-bond donors (Lipinski definition) is 0. The van der Waals surface area contributed by atoms with E-state index >= 15 is 0 Å². The van der Waals surface area contributed by atoms with Gasteiger partial charge in [0.1, 0.15) is 0 Å². The van der Waals surface area contributed by atoms with Crippen LogP contribution in [0.25, 0.3) is 0 Å². The van der Waals surface area contributed by atoms with E-state index in [0.717, 1.165) is 18.4 Å². The first kappa shape index (κ1) is 16.0. The van der Waals surface area contributed by atoms with E-state index in [1.165, 1.54) is 0 Å². The zero-order valence-electron chi connectivity index (χ0n) is 13.0. The number of esters is 1. The van der Waals surface area contributed by atoms with Crippen molar-refractivity contribution in [2.75, 3.05) is 6.61 Å². The molecule has 114 valence electrons. The molecule has 0 aliphatic heterocycles. The number of benzene rings is 2. The van der Waals surface area contributed by atoms with Crippen molar-refractivity contribution in [1.29, 1.82) is 0 Å². The Morgan fingerprint density at radius 1 is 0.864 bits per heavy atom. The predicted molar refractivity (Wildman–Crippen MR) is 86.2 cm³/mol. The third-order valence-electron chi connectivity index (χ3n) is 3.43. The van der Waals surface area contributed by atoms with Crippen LogP contribution < -0.4 is 0 Å². The molecule has 0 spiro atoms. The highest BCUT2D eigenvalue weighted by Crippen LogP contribution is 2.13. The third-order valence-corrected chi connectivity index (χ3v) is 3.43. The van der Waals surface area contributed by atoms with Crippen LogP contribution in [-0.2, 0) is 4.74 Å². The first-order valence-electron chi connectivity index (χ1n) is 7.50. The Balaban J connectivity index is 2.06. The smallest absolute Gasteiger partial charge is 0.338 e. The van der Waals surface area contributed by atoms with Crippen molar-refractivity contribution < 1.29 is 14.3 Å². The molecule has 2 aromatic carbocycles. The second-order valence-electron chi connectivity index (χ2n) is 5.26. The van der Waals surface area contributed by atoms with Crippen LogP contribution >= 0.6 is 0 Å². The van der Waals surface area contributed by atoms with Crippen LogP contribution in [0, 0.1) is 6.92 Å². The summed E-state index contributed by atoms with van der Waals surface area (Å²) in [6.45, 7) is 4.45.